The van der Waals surface area contributed by atoms with E-state index in [4.69, 9.17) is 40.1 Å². The molecule has 0 radical (unpaired) electrons. The lowest BCUT2D eigenvalue weighted by molar-refractivity contribution is -0.137. The number of benzene rings is 3. The zero-order valence-electron chi connectivity index (χ0n) is 53.0. The fraction of sp³-hybridized carbons (Fsp3) is 0.338. The number of pyridine rings is 1. The first-order chi connectivity index (χ1) is 44.5. The number of nitrogens with zero attached hydrogens (tertiary/aromatic N) is 9. The summed E-state index contributed by atoms with van der Waals surface area (Å²) in [6.07, 6.45) is 5.86. The zero-order valence-corrected chi connectivity index (χ0v) is 53.0. The molecule has 0 saturated carbocycles. The third kappa shape index (κ3) is 15.0. The monoisotopic (exact) mass is 1270 g/mol. The summed E-state index contributed by atoms with van der Waals surface area (Å²) in [7, 11) is 3.07. The molecule has 0 saturated heterocycles. The van der Waals surface area contributed by atoms with Gasteiger partial charge in [0.1, 0.15) is 41.4 Å². The lowest BCUT2D eigenvalue weighted by Gasteiger charge is -2.24. The van der Waals surface area contributed by atoms with Crippen LogP contribution in [0.15, 0.2) is 95.5 Å². The minimum Gasteiger partial charge on any atom is -0.495 e. The van der Waals surface area contributed by atoms with E-state index >= 15 is 0 Å². The largest absolute Gasteiger partial charge is 0.495 e. The molecule has 0 spiro atoms. The predicted octanol–water partition coefficient (Wildman–Crippen LogP) is 6.24. The molecule has 486 valence electrons. The highest BCUT2D eigenvalue weighted by Crippen LogP contribution is 2.38. The fourth-order valence-electron chi connectivity index (χ4n) is 10.6. The van der Waals surface area contributed by atoms with Gasteiger partial charge in [0.25, 0.3) is 17.7 Å². The van der Waals surface area contributed by atoms with Gasteiger partial charge >= 0.3 is 6.09 Å². The molecule has 8 aromatic rings. The van der Waals surface area contributed by atoms with Crippen LogP contribution in [-0.4, -0.2) is 143 Å². The second-order valence-corrected chi connectivity index (χ2v) is 22.4. The third-order valence-electron chi connectivity index (χ3n) is 15.4. The Bertz CT molecular complexity index is 4290. The number of hydrogen-bond acceptors (Lipinski definition) is 17. The van der Waals surface area contributed by atoms with E-state index in [1.165, 1.54) is 31.1 Å². The molecule has 0 bridgehead atoms. The van der Waals surface area contributed by atoms with E-state index in [1.54, 1.807) is 68.8 Å². The predicted molar refractivity (Wildman–Crippen MR) is 343 cm³/mol. The van der Waals surface area contributed by atoms with Gasteiger partial charge in [-0.15, -0.1) is 0 Å². The molecule has 0 fully saturated rings. The van der Waals surface area contributed by atoms with Crippen molar-refractivity contribution in [1.29, 1.82) is 0 Å². The number of oxazole rings is 1. The van der Waals surface area contributed by atoms with Crippen molar-refractivity contribution in [3.05, 3.63) is 131 Å². The van der Waals surface area contributed by atoms with Gasteiger partial charge in [0.2, 0.25) is 41.2 Å². The van der Waals surface area contributed by atoms with Crippen molar-refractivity contribution in [2.45, 2.75) is 106 Å². The number of amides is 9. The third-order valence-corrected chi connectivity index (χ3v) is 15.4. The Labute approximate surface area is 533 Å². The molecule has 0 unspecified atom stereocenters. The molecular weight excluding hydrogens is 1200 g/mol. The van der Waals surface area contributed by atoms with Crippen molar-refractivity contribution in [3.63, 3.8) is 0 Å². The van der Waals surface area contributed by atoms with E-state index in [-0.39, 0.29) is 85.8 Å². The first-order valence-electron chi connectivity index (χ1n) is 30.1. The topological polar surface area (TPSA) is 367 Å². The van der Waals surface area contributed by atoms with Gasteiger partial charge in [-0.3, -0.25) is 53.3 Å². The van der Waals surface area contributed by atoms with Crippen LogP contribution in [0.3, 0.4) is 0 Å². The number of nitrogens with two attached hydrogens (primary N) is 2. The Balaban J connectivity index is 0.865. The molecule has 6 heterocycles. The van der Waals surface area contributed by atoms with Crippen LogP contribution >= 0.6 is 0 Å². The van der Waals surface area contributed by atoms with Crippen molar-refractivity contribution in [2.75, 3.05) is 44.5 Å². The average molecular weight is 1270 g/mol. The SMILES string of the molecule is CCc1nc(C)oc1C(=O)Nc1nc2cc(C(N)=O)cc(OCCCN(C)C(=O)OCc3ccc(NC(=O)[C@H](C)NC(=O)[C@@H](NC(=O)CCN4C(=O)C=CC4=O)C(C)C)cc3)c2n1C/C=C/Cn1c2nc(-c3cc(C)nn3CC)ccc2c2cc(C(N)=O)cc(OC)c21. The average Bonchev–Trinajstić information content (AvgIpc) is 1.61. The van der Waals surface area contributed by atoms with E-state index in [9.17, 15) is 43.2 Å². The van der Waals surface area contributed by atoms with Crippen LogP contribution in [0.25, 0.3) is 44.4 Å². The van der Waals surface area contributed by atoms with Gasteiger partial charge < -0.3 is 60.1 Å². The number of primary amides is 2. The number of hydrogen-bond donors (Lipinski definition) is 6. The molecule has 28 heteroatoms. The first-order valence-corrected chi connectivity index (χ1v) is 30.1. The fourth-order valence-corrected chi connectivity index (χ4v) is 10.6. The Morgan fingerprint density at radius 2 is 1.46 bits per heavy atom. The molecule has 1 aliphatic rings. The van der Waals surface area contributed by atoms with Crippen LogP contribution in [-0.2, 0) is 61.4 Å². The van der Waals surface area contributed by atoms with Crippen molar-refractivity contribution >= 4 is 98.0 Å². The Morgan fingerprint density at radius 1 is 0.774 bits per heavy atom. The van der Waals surface area contributed by atoms with Crippen LogP contribution < -0.4 is 42.2 Å². The van der Waals surface area contributed by atoms with E-state index in [0.717, 1.165) is 33.8 Å². The maximum atomic E-state index is 14.0. The van der Waals surface area contributed by atoms with Gasteiger partial charge in [-0.05, 0) is 99.7 Å². The highest BCUT2D eigenvalue weighted by Gasteiger charge is 2.30. The maximum absolute atomic E-state index is 14.0. The summed E-state index contributed by atoms with van der Waals surface area (Å²) < 4.78 is 29.2. The van der Waals surface area contributed by atoms with Crippen LogP contribution in [0, 0.1) is 19.8 Å². The van der Waals surface area contributed by atoms with Gasteiger partial charge in [0.15, 0.2) is 5.89 Å². The number of rotatable bonds is 28. The van der Waals surface area contributed by atoms with Crippen LogP contribution in [0.4, 0.5) is 16.4 Å². The summed E-state index contributed by atoms with van der Waals surface area (Å²) >= 11 is 0. The van der Waals surface area contributed by atoms with Gasteiger partial charge in [-0.2, -0.15) is 5.10 Å². The molecule has 8 N–H and O–H groups in total. The number of aromatic nitrogens is 7. The minimum atomic E-state index is -1.01. The summed E-state index contributed by atoms with van der Waals surface area (Å²) in [5, 5.41) is 16.9. The molecule has 9 rings (SSSR count). The highest BCUT2D eigenvalue weighted by atomic mass is 16.6. The molecule has 93 heavy (non-hydrogen) atoms. The van der Waals surface area contributed by atoms with Crippen LogP contribution in [0.2, 0.25) is 0 Å². The first kappa shape index (κ1) is 66.2. The number of nitrogens with one attached hydrogen (secondary N) is 4. The maximum Gasteiger partial charge on any atom is 0.409 e. The quantitative estimate of drug-likeness (QED) is 0.0179. The van der Waals surface area contributed by atoms with Crippen LogP contribution in [0.5, 0.6) is 11.5 Å². The lowest BCUT2D eigenvalue weighted by Crippen LogP contribution is -2.54. The normalized spacial score (nSPS) is 12.9. The second-order valence-electron chi connectivity index (χ2n) is 22.4. The number of methoxy groups -OCH3 is 1. The van der Waals surface area contributed by atoms with Gasteiger partial charge in [-0.1, -0.05) is 45.1 Å². The molecule has 0 aliphatic carbocycles. The van der Waals surface area contributed by atoms with E-state index in [0.29, 0.717) is 75.7 Å². The molecule has 3 aromatic carbocycles. The Kier molecular flexibility index (Phi) is 20.5. The minimum absolute atomic E-state index is 0.00853. The molecule has 9 amide bonds. The van der Waals surface area contributed by atoms with E-state index in [1.807, 2.05) is 60.4 Å². The number of anilines is 2. The van der Waals surface area contributed by atoms with Gasteiger partial charge in [-0.25, -0.2) is 19.7 Å². The second kappa shape index (κ2) is 28.7. The lowest BCUT2D eigenvalue weighted by atomic mass is 10.0. The van der Waals surface area contributed by atoms with Crippen molar-refractivity contribution in [2.24, 2.45) is 17.4 Å². The summed E-state index contributed by atoms with van der Waals surface area (Å²) in [5.74, 6) is -4.10. The standard InChI is InChI=1S/C65H73N15O13/c1-10-45-57(93-38(7)69-45)63(88)74-64-72-47-31-41(59(67)85)33-50(56(47)79(64)26-13-12-25-78-55-44(30-40(58(66)84)32-49(55)90-9)43-19-20-46(71-60(43)78)48-29-36(5)75-80(48)11-2)91-28-14-24-76(8)65(89)92-34-39-15-17-42(18-16-39)70-61(86)37(6)68-62(87)54(35(3)4)73-51(81)23-27-77-52(82)21-22-53(77)83/h12-13,15-22,29-33,35,37,54H,10-11,14,23-28,34H2,1-9H3,(H2,66,84)(H2,67,85)(H,68,87)(H,70,86)(H,73,81)(H,72,74,88)/b13-12+/t37-,54-/m0/s1. The van der Waals surface area contributed by atoms with Crippen molar-refractivity contribution < 1.29 is 61.8 Å². The smallest absolute Gasteiger partial charge is 0.409 e. The Morgan fingerprint density at radius 3 is 2.13 bits per heavy atom. The summed E-state index contributed by atoms with van der Waals surface area (Å²) in [5.41, 5.74) is 17.7. The van der Waals surface area contributed by atoms with Crippen LogP contribution in [0.1, 0.15) is 102 Å². The number of fused-ring (bicyclic) bond motifs is 4. The highest BCUT2D eigenvalue weighted by molar-refractivity contribution is 6.14. The number of carbonyl (C=O) groups is 9. The summed E-state index contributed by atoms with van der Waals surface area (Å²) in [4.78, 5) is 132. The van der Waals surface area contributed by atoms with E-state index < -0.39 is 65.4 Å². The van der Waals surface area contributed by atoms with Crippen molar-refractivity contribution in [3.8, 4) is 22.9 Å². The van der Waals surface area contributed by atoms with Gasteiger partial charge in [0.05, 0.1) is 47.5 Å². The molecular formula is C65H73N15O13. The number of aryl methyl sites for hydroxylation is 4. The number of allylic oxidation sites excluding steroid dienone is 2. The molecule has 1 aliphatic heterocycles. The van der Waals surface area contributed by atoms with Crippen molar-refractivity contribution in [1.82, 2.24) is 54.3 Å². The zero-order chi connectivity index (χ0) is 66.9. The number of carbonyl (C=O) groups excluding carboxylic acids is 9. The summed E-state index contributed by atoms with van der Waals surface area (Å²) in [6, 6.07) is 16.6. The number of imidazole rings is 1. The number of ether oxygens (including phenoxy) is 3. The summed E-state index contributed by atoms with van der Waals surface area (Å²) in [6.45, 7) is 13.2. The molecule has 5 aromatic heterocycles. The number of imide groups is 1. The Hall–Kier alpha value is -11.2. The molecule has 28 nitrogen and oxygen atoms in total. The van der Waals surface area contributed by atoms with E-state index in [2.05, 4.69) is 31.3 Å². The molecule has 2 atom stereocenters. The van der Waals surface area contributed by atoms with Gasteiger partial charge in [0, 0.05) is 92.9 Å².